The van der Waals surface area contributed by atoms with Crippen LogP contribution in [0.15, 0.2) is 54.0 Å². The van der Waals surface area contributed by atoms with Gasteiger partial charge in [-0.05, 0) is 37.8 Å². The smallest absolute Gasteiger partial charge is 0.193 e. The molecule has 1 aromatic carbocycles. The van der Waals surface area contributed by atoms with E-state index < -0.39 is 0 Å². The fraction of sp³-hybridized carbons (Fsp3) is 0.600. The second-order valence-electron chi connectivity index (χ2n) is 9.04. The van der Waals surface area contributed by atoms with Crippen LogP contribution in [0.5, 0.6) is 0 Å². The van der Waals surface area contributed by atoms with Gasteiger partial charge in [-0.25, -0.2) is 4.98 Å². The third-order valence-electron chi connectivity index (χ3n) is 6.85. The summed E-state index contributed by atoms with van der Waals surface area (Å²) in [5.41, 5.74) is 1.34. The number of rotatable bonds is 7. The molecule has 2 aliphatic heterocycles. The van der Waals surface area contributed by atoms with Gasteiger partial charge in [-0.2, -0.15) is 0 Å². The summed E-state index contributed by atoms with van der Waals surface area (Å²) in [4.78, 5) is 16.8. The first-order valence-corrected chi connectivity index (χ1v) is 12.3. The number of halogens is 1. The number of nitrogens with one attached hydrogen (secondary N) is 1. The molecule has 2 aromatic rings. The van der Waals surface area contributed by atoms with Crippen molar-refractivity contribution in [3.05, 3.63) is 49.1 Å². The van der Waals surface area contributed by atoms with Crippen molar-refractivity contribution in [2.75, 3.05) is 63.8 Å². The summed E-state index contributed by atoms with van der Waals surface area (Å²) in [7, 11) is 0. The molecule has 0 spiro atoms. The van der Waals surface area contributed by atoms with Gasteiger partial charge in [0, 0.05) is 77.0 Å². The van der Waals surface area contributed by atoms with Crippen LogP contribution in [0.4, 0.5) is 5.69 Å². The molecule has 7 nitrogen and oxygen atoms in total. The number of anilines is 1. The fourth-order valence-corrected chi connectivity index (χ4v) is 4.87. The number of hydrogen-bond donors (Lipinski definition) is 1. The summed E-state index contributed by atoms with van der Waals surface area (Å²) in [6, 6.07) is 11.2. The average molecular weight is 566 g/mol. The quantitative estimate of drug-likeness (QED) is 0.241. The van der Waals surface area contributed by atoms with Crippen molar-refractivity contribution in [3.8, 4) is 0 Å². The molecule has 2 saturated heterocycles. The number of imidazole rings is 1. The average Bonchev–Trinajstić information content (AvgIpc) is 3.37. The minimum absolute atomic E-state index is 0. The van der Waals surface area contributed by atoms with Crippen LogP contribution in [0.25, 0.3) is 0 Å². The molecule has 1 aromatic heterocycles. The van der Waals surface area contributed by atoms with Crippen LogP contribution in [0, 0.1) is 5.92 Å². The summed E-state index contributed by atoms with van der Waals surface area (Å²) < 4.78 is 2.26. The predicted octanol–water partition coefficient (Wildman–Crippen LogP) is 3.56. The van der Waals surface area contributed by atoms with Crippen molar-refractivity contribution in [3.63, 3.8) is 0 Å². The van der Waals surface area contributed by atoms with E-state index in [1.165, 1.54) is 12.1 Å². The van der Waals surface area contributed by atoms with E-state index in [1.807, 2.05) is 12.5 Å². The Morgan fingerprint density at radius 3 is 2.61 bits per heavy atom. The van der Waals surface area contributed by atoms with E-state index in [1.54, 1.807) is 0 Å². The molecule has 182 valence electrons. The summed E-state index contributed by atoms with van der Waals surface area (Å²) in [6.07, 6.45) is 8.21. The van der Waals surface area contributed by atoms with Gasteiger partial charge in [0.2, 0.25) is 0 Å². The van der Waals surface area contributed by atoms with E-state index in [0.717, 1.165) is 71.3 Å². The molecule has 0 bridgehead atoms. The van der Waals surface area contributed by atoms with Crippen LogP contribution in [-0.4, -0.2) is 84.2 Å². The number of guanidine groups is 1. The highest BCUT2D eigenvalue weighted by Crippen LogP contribution is 2.27. The van der Waals surface area contributed by atoms with Crippen LogP contribution >= 0.6 is 24.0 Å². The van der Waals surface area contributed by atoms with Gasteiger partial charge in [-0.15, -0.1) is 24.0 Å². The molecule has 33 heavy (non-hydrogen) atoms. The van der Waals surface area contributed by atoms with Crippen molar-refractivity contribution in [1.29, 1.82) is 0 Å². The number of likely N-dealkylation sites (tertiary alicyclic amines) is 1. The molecule has 0 saturated carbocycles. The normalized spacial score (nSPS) is 22.2. The van der Waals surface area contributed by atoms with Gasteiger partial charge in [0.1, 0.15) is 0 Å². The van der Waals surface area contributed by atoms with Gasteiger partial charge >= 0.3 is 0 Å². The molecular weight excluding hydrogens is 525 g/mol. The lowest BCUT2D eigenvalue weighted by Gasteiger charge is -2.39. The van der Waals surface area contributed by atoms with Gasteiger partial charge in [0.15, 0.2) is 5.96 Å². The molecule has 2 unspecified atom stereocenters. The fourth-order valence-electron chi connectivity index (χ4n) is 4.87. The molecule has 0 aliphatic carbocycles. The Balaban J connectivity index is 0.00000306. The van der Waals surface area contributed by atoms with Crippen LogP contribution in [-0.2, 0) is 0 Å². The maximum Gasteiger partial charge on any atom is 0.193 e. The minimum atomic E-state index is 0. The van der Waals surface area contributed by atoms with Crippen LogP contribution < -0.4 is 10.2 Å². The first-order chi connectivity index (χ1) is 15.7. The molecule has 3 heterocycles. The third-order valence-corrected chi connectivity index (χ3v) is 6.85. The summed E-state index contributed by atoms with van der Waals surface area (Å²) >= 11 is 0. The number of piperidine rings is 1. The van der Waals surface area contributed by atoms with Crippen LogP contribution in [0.3, 0.4) is 0 Å². The van der Waals surface area contributed by atoms with Crippen molar-refractivity contribution < 1.29 is 0 Å². The maximum atomic E-state index is 4.99. The van der Waals surface area contributed by atoms with Gasteiger partial charge in [-0.1, -0.05) is 25.1 Å². The lowest BCUT2D eigenvalue weighted by molar-refractivity contribution is 0.189. The monoisotopic (exact) mass is 565 g/mol. The molecule has 0 amide bonds. The summed E-state index contributed by atoms with van der Waals surface area (Å²) in [5.74, 6) is 1.72. The molecule has 4 rings (SSSR count). The van der Waals surface area contributed by atoms with E-state index in [-0.39, 0.29) is 24.0 Å². The van der Waals surface area contributed by atoms with E-state index >= 15 is 0 Å². The van der Waals surface area contributed by atoms with Crippen molar-refractivity contribution in [1.82, 2.24) is 24.7 Å². The number of aliphatic imine (C=N–C) groups is 1. The zero-order chi connectivity index (χ0) is 22.2. The number of hydrogen-bond acceptors (Lipinski definition) is 4. The highest BCUT2D eigenvalue weighted by Gasteiger charge is 2.28. The zero-order valence-electron chi connectivity index (χ0n) is 20.1. The highest BCUT2D eigenvalue weighted by molar-refractivity contribution is 14.0. The Kier molecular flexibility index (Phi) is 10.3. The number of aromatic nitrogens is 2. The second kappa shape index (κ2) is 13.2. The van der Waals surface area contributed by atoms with Crippen LogP contribution in [0.1, 0.15) is 32.7 Å². The van der Waals surface area contributed by atoms with Crippen molar-refractivity contribution >= 4 is 35.6 Å². The molecular formula is C25H40IN7. The van der Waals surface area contributed by atoms with Gasteiger partial charge in [0.25, 0.3) is 0 Å². The van der Waals surface area contributed by atoms with E-state index in [0.29, 0.717) is 12.0 Å². The Bertz CT molecular complexity index is 819. The molecule has 0 radical (unpaired) electrons. The Hall–Kier alpha value is -1.81. The second-order valence-corrected chi connectivity index (χ2v) is 9.04. The largest absolute Gasteiger partial charge is 0.369 e. The predicted molar refractivity (Wildman–Crippen MR) is 148 cm³/mol. The van der Waals surface area contributed by atoms with Crippen molar-refractivity contribution in [2.45, 2.75) is 32.7 Å². The lowest BCUT2D eigenvalue weighted by atomic mass is 9.93. The minimum Gasteiger partial charge on any atom is -0.369 e. The van der Waals surface area contributed by atoms with Crippen molar-refractivity contribution in [2.24, 2.45) is 10.9 Å². The van der Waals surface area contributed by atoms with Gasteiger partial charge in [-0.3, -0.25) is 9.89 Å². The number of benzene rings is 1. The van der Waals surface area contributed by atoms with Crippen LogP contribution in [0.2, 0.25) is 0 Å². The van der Waals surface area contributed by atoms with E-state index in [9.17, 15) is 0 Å². The van der Waals surface area contributed by atoms with E-state index in [4.69, 9.17) is 4.99 Å². The Morgan fingerprint density at radius 1 is 1.12 bits per heavy atom. The molecule has 8 heteroatoms. The number of nitrogens with zero attached hydrogens (tertiary/aromatic N) is 6. The lowest BCUT2D eigenvalue weighted by Crippen LogP contribution is -2.49. The maximum absolute atomic E-state index is 4.99. The van der Waals surface area contributed by atoms with Gasteiger partial charge in [0.05, 0.1) is 12.4 Å². The number of piperazine rings is 1. The summed E-state index contributed by atoms with van der Waals surface area (Å²) in [5, 5.41) is 3.53. The molecule has 2 aliphatic rings. The zero-order valence-corrected chi connectivity index (χ0v) is 22.5. The van der Waals surface area contributed by atoms with Gasteiger partial charge < -0.3 is 19.7 Å². The molecule has 1 N–H and O–H groups in total. The topological polar surface area (TPSA) is 51.9 Å². The first-order valence-electron chi connectivity index (χ1n) is 12.3. The standard InChI is InChI=1S/C25H39N7.HI/c1-3-27-25(31-14-10-22(2)24(20-31)32-15-12-26-21-32)28-11-7-13-29-16-18-30(19-17-29)23-8-5-4-6-9-23;/h4-6,8-9,12,15,21-22,24H,3,7,10-11,13-14,16-20H2,1-2H3,(H,27,28);1H. The molecule has 2 atom stereocenters. The highest BCUT2D eigenvalue weighted by atomic mass is 127. The summed E-state index contributed by atoms with van der Waals surface area (Å²) in [6.45, 7) is 14.0. The van der Waals surface area contributed by atoms with E-state index in [2.05, 4.69) is 79.9 Å². The number of para-hydroxylation sites is 1. The molecule has 2 fully saturated rings. The third kappa shape index (κ3) is 7.09. The first kappa shape index (κ1) is 25.8. The Labute approximate surface area is 216 Å². The SMILES string of the molecule is CCNC(=NCCCN1CCN(c2ccccc2)CC1)N1CCC(C)C(n2ccnc2)C1.I. The Morgan fingerprint density at radius 2 is 1.91 bits per heavy atom.